The fourth-order valence-corrected chi connectivity index (χ4v) is 1.38. The van der Waals surface area contributed by atoms with Crippen LogP contribution in [0.2, 0.25) is 0 Å². The minimum atomic E-state index is 0.0566. The Hall–Kier alpha value is -1.84. The van der Waals surface area contributed by atoms with Crippen LogP contribution >= 0.6 is 0 Å². The van der Waals surface area contributed by atoms with Crippen LogP contribution in [0.5, 0.6) is 5.75 Å². The lowest BCUT2D eigenvalue weighted by Crippen LogP contribution is -2.13. The van der Waals surface area contributed by atoms with Crippen molar-refractivity contribution in [2.45, 2.75) is 32.8 Å². The number of rotatable bonds is 3. The molecule has 0 saturated heterocycles. The summed E-state index contributed by atoms with van der Waals surface area (Å²) in [6.07, 6.45) is 4.85. The van der Waals surface area contributed by atoms with Crippen molar-refractivity contribution in [3.8, 4) is 5.75 Å². The van der Waals surface area contributed by atoms with E-state index in [2.05, 4.69) is 30.7 Å². The topological polar surface area (TPSA) is 48.2 Å². The lowest BCUT2D eigenvalue weighted by Gasteiger charge is -2.17. The molecule has 17 heavy (non-hydrogen) atoms. The summed E-state index contributed by atoms with van der Waals surface area (Å²) in [5, 5.41) is 0. The molecule has 0 fully saturated rings. The lowest BCUT2D eigenvalue weighted by atomic mass is 9.92. The van der Waals surface area contributed by atoms with Crippen LogP contribution in [0.25, 0.3) is 0 Å². The average molecular weight is 232 g/mol. The molecule has 0 radical (unpaired) electrons. The van der Waals surface area contributed by atoms with Crippen molar-refractivity contribution in [1.29, 1.82) is 0 Å². The van der Waals surface area contributed by atoms with Gasteiger partial charge in [0.15, 0.2) is 6.61 Å². The van der Waals surface area contributed by atoms with Gasteiger partial charge in [-0.25, -0.2) is 4.98 Å². The standard InChI is InChI=1S/C13H16N2O2/c1-13(2,3)11-5-4-10(8-15-11)17-9-12-14-6-7-16-12/h4-8H,9H2,1-3H3. The first-order valence-corrected chi connectivity index (χ1v) is 5.53. The van der Waals surface area contributed by atoms with Crippen LogP contribution in [0.15, 0.2) is 35.2 Å². The number of pyridine rings is 1. The summed E-state index contributed by atoms with van der Waals surface area (Å²) in [5.74, 6) is 1.28. The normalized spacial score (nSPS) is 11.5. The Bertz CT molecular complexity index is 455. The van der Waals surface area contributed by atoms with Crippen LogP contribution in [0.4, 0.5) is 0 Å². The molecule has 0 bridgehead atoms. The van der Waals surface area contributed by atoms with E-state index in [0.29, 0.717) is 12.5 Å². The molecule has 2 aromatic rings. The molecular formula is C13H16N2O2. The van der Waals surface area contributed by atoms with Gasteiger partial charge in [0, 0.05) is 11.1 Å². The summed E-state index contributed by atoms with van der Waals surface area (Å²) in [5.41, 5.74) is 1.10. The molecule has 2 heterocycles. The third-order valence-corrected chi connectivity index (χ3v) is 2.35. The maximum Gasteiger partial charge on any atom is 0.232 e. The Morgan fingerprint density at radius 1 is 1.24 bits per heavy atom. The highest BCUT2D eigenvalue weighted by Gasteiger charge is 2.14. The molecule has 0 unspecified atom stereocenters. The zero-order valence-corrected chi connectivity index (χ0v) is 10.3. The van der Waals surface area contributed by atoms with Gasteiger partial charge < -0.3 is 9.15 Å². The van der Waals surface area contributed by atoms with Gasteiger partial charge in [0.05, 0.1) is 12.4 Å². The zero-order valence-electron chi connectivity index (χ0n) is 10.3. The van der Waals surface area contributed by atoms with Gasteiger partial charge in [-0.05, 0) is 12.1 Å². The molecule has 4 heteroatoms. The quantitative estimate of drug-likeness (QED) is 0.816. The Morgan fingerprint density at radius 2 is 2.06 bits per heavy atom. The summed E-state index contributed by atoms with van der Waals surface area (Å²) < 4.78 is 10.6. The van der Waals surface area contributed by atoms with E-state index in [1.165, 1.54) is 6.26 Å². The largest absolute Gasteiger partial charge is 0.482 e. The van der Waals surface area contributed by atoms with Gasteiger partial charge in [0.1, 0.15) is 12.0 Å². The minimum Gasteiger partial charge on any atom is -0.482 e. The molecule has 0 aliphatic carbocycles. The van der Waals surface area contributed by atoms with Crippen LogP contribution < -0.4 is 4.74 Å². The SMILES string of the molecule is CC(C)(C)c1ccc(OCc2ncco2)cn1. The van der Waals surface area contributed by atoms with E-state index in [9.17, 15) is 0 Å². The van der Waals surface area contributed by atoms with Gasteiger partial charge in [0.25, 0.3) is 0 Å². The molecule has 2 rings (SSSR count). The van der Waals surface area contributed by atoms with Crippen molar-refractivity contribution < 1.29 is 9.15 Å². The second kappa shape index (κ2) is 4.57. The van der Waals surface area contributed by atoms with E-state index in [0.717, 1.165) is 11.4 Å². The zero-order chi connectivity index (χ0) is 12.3. The fourth-order valence-electron chi connectivity index (χ4n) is 1.38. The second-order valence-electron chi connectivity index (χ2n) is 4.84. The van der Waals surface area contributed by atoms with Crippen molar-refractivity contribution in [3.63, 3.8) is 0 Å². The fraction of sp³-hybridized carbons (Fsp3) is 0.385. The third kappa shape index (κ3) is 3.06. The molecule has 0 aliphatic heterocycles. The van der Waals surface area contributed by atoms with Gasteiger partial charge in [-0.1, -0.05) is 20.8 Å². The monoisotopic (exact) mass is 232 g/mol. The van der Waals surface area contributed by atoms with Crippen molar-refractivity contribution >= 4 is 0 Å². The smallest absolute Gasteiger partial charge is 0.232 e. The van der Waals surface area contributed by atoms with Gasteiger partial charge >= 0.3 is 0 Å². The molecule has 0 saturated carbocycles. The van der Waals surface area contributed by atoms with E-state index in [4.69, 9.17) is 9.15 Å². The van der Waals surface area contributed by atoms with Gasteiger partial charge in [0.2, 0.25) is 5.89 Å². The number of ether oxygens (including phenoxy) is 1. The molecule has 0 spiro atoms. The van der Waals surface area contributed by atoms with Crippen LogP contribution in [-0.4, -0.2) is 9.97 Å². The van der Waals surface area contributed by atoms with Crippen LogP contribution in [0.3, 0.4) is 0 Å². The Morgan fingerprint density at radius 3 is 2.59 bits per heavy atom. The Balaban J connectivity index is 1.99. The summed E-state index contributed by atoms with van der Waals surface area (Å²) in [6, 6.07) is 3.89. The van der Waals surface area contributed by atoms with Crippen molar-refractivity contribution in [3.05, 3.63) is 42.4 Å². The average Bonchev–Trinajstić information content (AvgIpc) is 2.78. The predicted octanol–water partition coefficient (Wildman–Crippen LogP) is 2.95. The predicted molar refractivity (Wildman–Crippen MR) is 63.8 cm³/mol. The number of nitrogens with zero attached hydrogens (tertiary/aromatic N) is 2. The third-order valence-electron chi connectivity index (χ3n) is 2.35. The summed E-state index contributed by atoms with van der Waals surface area (Å²) >= 11 is 0. The number of oxazole rings is 1. The van der Waals surface area contributed by atoms with E-state index in [1.54, 1.807) is 12.4 Å². The maximum atomic E-state index is 5.50. The molecule has 90 valence electrons. The minimum absolute atomic E-state index is 0.0566. The highest BCUT2D eigenvalue weighted by molar-refractivity contribution is 5.23. The Kier molecular flexibility index (Phi) is 3.13. The Labute approximate surface area is 101 Å². The number of aromatic nitrogens is 2. The summed E-state index contributed by atoms with van der Waals surface area (Å²) in [4.78, 5) is 8.35. The van der Waals surface area contributed by atoms with E-state index in [1.807, 2.05) is 12.1 Å². The van der Waals surface area contributed by atoms with Gasteiger partial charge in [-0.15, -0.1) is 0 Å². The highest BCUT2D eigenvalue weighted by Crippen LogP contribution is 2.21. The van der Waals surface area contributed by atoms with Gasteiger partial charge in [-0.3, -0.25) is 4.98 Å². The molecule has 0 N–H and O–H groups in total. The second-order valence-corrected chi connectivity index (χ2v) is 4.84. The summed E-state index contributed by atoms with van der Waals surface area (Å²) in [7, 11) is 0. The summed E-state index contributed by atoms with van der Waals surface area (Å²) in [6.45, 7) is 6.71. The van der Waals surface area contributed by atoms with Crippen LogP contribution in [0.1, 0.15) is 32.4 Å². The van der Waals surface area contributed by atoms with Crippen molar-refractivity contribution in [1.82, 2.24) is 9.97 Å². The molecule has 0 aromatic carbocycles. The highest BCUT2D eigenvalue weighted by atomic mass is 16.5. The number of hydrogen-bond donors (Lipinski definition) is 0. The first kappa shape index (κ1) is 11.6. The molecule has 0 atom stereocenters. The van der Waals surface area contributed by atoms with E-state index >= 15 is 0 Å². The van der Waals surface area contributed by atoms with Crippen LogP contribution in [0, 0.1) is 0 Å². The number of hydrogen-bond acceptors (Lipinski definition) is 4. The molecule has 0 aliphatic rings. The van der Waals surface area contributed by atoms with Crippen molar-refractivity contribution in [2.24, 2.45) is 0 Å². The molecular weight excluding hydrogens is 216 g/mol. The van der Waals surface area contributed by atoms with Gasteiger partial charge in [-0.2, -0.15) is 0 Å². The van der Waals surface area contributed by atoms with E-state index in [-0.39, 0.29) is 5.41 Å². The van der Waals surface area contributed by atoms with E-state index < -0.39 is 0 Å². The first-order valence-electron chi connectivity index (χ1n) is 5.53. The lowest BCUT2D eigenvalue weighted by molar-refractivity contribution is 0.262. The molecule has 2 aromatic heterocycles. The molecule has 0 amide bonds. The first-order chi connectivity index (χ1) is 8.05. The molecule has 4 nitrogen and oxygen atoms in total. The van der Waals surface area contributed by atoms with Crippen molar-refractivity contribution in [2.75, 3.05) is 0 Å². The van der Waals surface area contributed by atoms with Crippen LogP contribution in [-0.2, 0) is 12.0 Å². The maximum absolute atomic E-state index is 5.50.